The van der Waals surface area contributed by atoms with Crippen LogP contribution in [0.3, 0.4) is 0 Å². The monoisotopic (exact) mass is 332 g/mol. The Balaban J connectivity index is 2.11. The summed E-state index contributed by atoms with van der Waals surface area (Å²) in [5.41, 5.74) is 1.08. The molecule has 1 aromatic rings. The molecule has 1 aliphatic heterocycles. The van der Waals surface area contributed by atoms with Crippen molar-refractivity contribution < 1.29 is 12.8 Å². The van der Waals surface area contributed by atoms with E-state index >= 15 is 0 Å². The summed E-state index contributed by atoms with van der Waals surface area (Å²) in [6, 6.07) is 1.95. The third-order valence-corrected chi connectivity index (χ3v) is 7.09. The van der Waals surface area contributed by atoms with Crippen LogP contribution >= 0.6 is 11.8 Å². The molecule has 0 aliphatic carbocycles. The molecule has 5 nitrogen and oxygen atoms in total. The Kier molecular flexibility index (Phi) is 6.16. The standard InChI is InChI=1S/C14H24N2O3S2/c1-3-15-9-13-12(5-7-19-13)10-16-6-8-20-11-14(16)21(17,18)4-2/h5,7,14-15H,3-4,6,8-11H2,1-2H3. The lowest BCUT2D eigenvalue weighted by atomic mass is 10.2. The predicted molar refractivity (Wildman–Crippen MR) is 87.1 cm³/mol. The molecule has 0 aromatic carbocycles. The zero-order valence-corrected chi connectivity index (χ0v) is 14.3. The molecule has 120 valence electrons. The Labute approximate surface area is 131 Å². The van der Waals surface area contributed by atoms with E-state index in [0.29, 0.717) is 18.8 Å². The third-order valence-electron chi connectivity index (χ3n) is 3.75. The number of rotatable bonds is 7. The molecule has 1 fully saturated rings. The lowest BCUT2D eigenvalue weighted by Gasteiger charge is -2.34. The van der Waals surface area contributed by atoms with E-state index in [1.54, 1.807) is 24.9 Å². The highest BCUT2D eigenvalue weighted by atomic mass is 32.2. The second kappa shape index (κ2) is 7.67. The number of hydrogen-bond donors (Lipinski definition) is 1. The number of furan rings is 1. The number of hydrogen-bond acceptors (Lipinski definition) is 6. The highest BCUT2D eigenvalue weighted by Crippen LogP contribution is 2.24. The molecule has 1 saturated heterocycles. The van der Waals surface area contributed by atoms with E-state index in [-0.39, 0.29) is 11.1 Å². The van der Waals surface area contributed by atoms with Gasteiger partial charge in [-0.05, 0) is 12.6 Å². The highest BCUT2D eigenvalue weighted by Gasteiger charge is 2.33. The molecule has 0 radical (unpaired) electrons. The van der Waals surface area contributed by atoms with Crippen molar-refractivity contribution in [2.45, 2.75) is 32.3 Å². The predicted octanol–water partition coefficient (Wildman–Crippen LogP) is 1.70. The van der Waals surface area contributed by atoms with Crippen molar-refractivity contribution >= 4 is 21.6 Å². The molecule has 0 amide bonds. The van der Waals surface area contributed by atoms with Crippen LogP contribution in [0.4, 0.5) is 0 Å². The average Bonchev–Trinajstić information content (AvgIpc) is 2.92. The molecule has 7 heteroatoms. The Morgan fingerprint density at radius 1 is 1.48 bits per heavy atom. The summed E-state index contributed by atoms with van der Waals surface area (Å²) in [4.78, 5) is 2.08. The van der Waals surface area contributed by atoms with Gasteiger partial charge < -0.3 is 9.73 Å². The van der Waals surface area contributed by atoms with Gasteiger partial charge in [0.2, 0.25) is 0 Å². The van der Waals surface area contributed by atoms with Crippen LogP contribution in [0.25, 0.3) is 0 Å². The van der Waals surface area contributed by atoms with Gasteiger partial charge in [-0.15, -0.1) is 0 Å². The van der Waals surface area contributed by atoms with Gasteiger partial charge in [-0.3, -0.25) is 4.90 Å². The van der Waals surface area contributed by atoms with Gasteiger partial charge in [-0.25, -0.2) is 8.42 Å². The molecule has 0 saturated carbocycles. The second-order valence-corrected chi connectivity index (χ2v) is 8.70. The molecule has 21 heavy (non-hydrogen) atoms. The largest absolute Gasteiger partial charge is 0.468 e. The molecule has 1 aliphatic rings. The first kappa shape index (κ1) is 16.9. The summed E-state index contributed by atoms with van der Waals surface area (Å²) in [7, 11) is -3.04. The quantitative estimate of drug-likeness (QED) is 0.820. The number of thioether (sulfide) groups is 1. The van der Waals surface area contributed by atoms with E-state index in [9.17, 15) is 8.42 Å². The van der Waals surface area contributed by atoms with Gasteiger partial charge in [0.25, 0.3) is 0 Å². The first-order valence-corrected chi connectivity index (χ1v) is 10.2. The van der Waals surface area contributed by atoms with Crippen LogP contribution in [0.2, 0.25) is 0 Å². The fourth-order valence-corrected chi connectivity index (χ4v) is 5.52. The van der Waals surface area contributed by atoms with Crippen LogP contribution in [0.1, 0.15) is 25.2 Å². The van der Waals surface area contributed by atoms with Gasteiger partial charge in [-0.2, -0.15) is 11.8 Å². The average molecular weight is 332 g/mol. The molecular weight excluding hydrogens is 308 g/mol. The number of sulfone groups is 1. The molecule has 0 bridgehead atoms. The van der Waals surface area contributed by atoms with Gasteiger partial charge in [0.15, 0.2) is 9.84 Å². The molecule has 2 rings (SSSR count). The number of nitrogens with one attached hydrogen (secondary N) is 1. The summed E-state index contributed by atoms with van der Waals surface area (Å²) < 4.78 is 30.0. The van der Waals surface area contributed by atoms with E-state index in [0.717, 1.165) is 30.2 Å². The Morgan fingerprint density at radius 3 is 3.00 bits per heavy atom. The van der Waals surface area contributed by atoms with Crippen LogP contribution in [-0.2, 0) is 22.9 Å². The highest BCUT2D eigenvalue weighted by molar-refractivity contribution is 8.01. The van der Waals surface area contributed by atoms with Crippen molar-refractivity contribution in [3.8, 4) is 0 Å². The van der Waals surface area contributed by atoms with E-state index in [1.165, 1.54) is 0 Å². The van der Waals surface area contributed by atoms with Crippen molar-refractivity contribution in [2.24, 2.45) is 0 Å². The molecule has 1 N–H and O–H groups in total. The molecule has 1 unspecified atom stereocenters. The van der Waals surface area contributed by atoms with E-state index in [1.807, 2.05) is 13.0 Å². The Hall–Kier alpha value is -0.500. The minimum Gasteiger partial charge on any atom is -0.468 e. The van der Waals surface area contributed by atoms with Crippen LogP contribution < -0.4 is 5.32 Å². The maximum Gasteiger partial charge on any atom is 0.166 e. The lowest BCUT2D eigenvalue weighted by Crippen LogP contribution is -2.47. The van der Waals surface area contributed by atoms with Gasteiger partial charge >= 0.3 is 0 Å². The van der Waals surface area contributed by atoms with Crippen molar-refractivity contribution in [3.63, 3.8) is 0 Å². The fraction of sp³-hybridized carbons (Fsp3) is 0.714. The smallest absolute Gasteiger partial charge is 0.166 e. The second-order valence-electron chi connectivity index (χ2n) is 5.10. The SMILES string of the molecule is CCNCc1occc1CN1CCSCC1S(=O)(=O)CC. The van der Waals surface area contributed by atoms with E-state index in [2.05, 4.69) is 10.2 Å². The fourth-order valence-electron chi connectivity index (χ4n) is 2.44. The molecule has 1 aromatic heterocycles. The van der Waals surface area contributed by atoms with Crippen molar-refractivity contribution in [3.05, 3.63) is 23.7 Å². The Bertz CT molecular complexity index is 542. The summed E-state index contributed by atoms with van der Waals surface area (Å²) in [6.07, 6.45) is 1.68. The van der Waals surface area contributed by atoms with Crippen LogP contribution in [0.15, 0.2) is 16.7 Å². The molecule has 0 spiro atoms. The van der Waals surface area contributed by atoms with Crippen LogP contribution in [-0.4, -0.2) is 49.0 Å². The summed E-state index contributed by atoms with van der Waals surface area (Å²) in [5.74, 6) is 2.75. The molecular formula is C14H24N2O3S2. The maximum atomic E-state index is 12.3. The van der Waals surface area contributed by atoms with Gasteiger partial charge in [0, 0.05) is 35.9 Å². The van der Waals surface area contributed by atoms with Crippen molar-refractivity contribution in [1.82, 2.24) is 10.2 Å². The molecule has 1 atom stereocenters. The normalized spacial score (nSPS) is 20.8. The number of nitrogens with zero attached hydrogens (tertiary/aromatic N) is 1. The van der Waals surface area contributed by atoms with Crippen LogP contribution in [0.5, 0.6) is 0 Å². The zero-order valence-electron chi connectivity index (χ0n) is 12.7. The first-order valence-electron chi connectivity index (χ1n) is 7.37. The minimum absolute atomic E-state index is 0.199. The molecule has 2 heterocycles. The summed E-state index contributed by atoms with van der Waals surface area (Å²) in [5, 5.41) is 2.87. The topological polar surface area (TPSA) is 62.6 Å². The van der Waals surface area contributed by atoms with Gasteiger partial charge in [0.05, 0.1) is 12.8 Å². The van der Waals surface area contributed by atoms with Crippen molar-refractivity contribution in [2.75, 3.05) is 30.3 Å². The van der Waals surface area contributed by atoms with Gasteiger partial charge in [-0.1, -0.05) is 13.8 Å². The van der Waals surface area contributed by atoms with Crippen LogP contribution in [0, 0.1) is 0 Å². The Morgan fingerprint density at radius 2 is 2.29 bits per heavy atom. The summed E-state index contributed by atoms with van der Waals surface area (Å²) >= 11 is 1.72. The van der Waals surface area contributed by atoms with Crippen molar-refractivity contribution in [1.29, 1.82) is 0 Å². The first-order chi connectivity index (χ1) is 10.1. The van der Waals surface area contributed by atoms with E-state index in [4.69, 9.17) is 4.42 Å². The third kappa shape index (κ3) is 4.25. The maximum absolute atomic E-state index is 12.3. The summed E-state index contributed by atoms with van der Waals surface area (Å²) in [6.45, 7) is 6.79. The van der Waals surface area contributed by atoms with Gasteiger partial charge in [0.1, 0.15) is 11.1 Å². The lowest BCUT2D eigenvalue weighted by molar-refractivity contribution is 0.259. The minimum atomic E-state index is -3.04. The van der Waals surface area contributed by atoms with E-state index < -0.39 is 9.84 Å². The zero-order chi connectivity index (χ0) is 15.3.